The molecule has 0 spiro atoms. The molecule has 1 aromatic rings. The topological polar surface area (TPSA) is 96.2 Å². The van der Waals surface area contributed by atoms with Gasteiger partial charge in [0, 0.05) is 20.0 Å². The third kappa shape index (κ3) is 4.48. The van der Waals surface area contributed by atoms with Gasteiger partial charge in [0.1, 0.15) is 11.9 Å². The van der Waals surface area contributed by atoms with E-state index in [-0.39, 0.29) is 13.0 Å². The van der Waals surface area contributed by atoms with E-state index in [2.05, 4.69) is 0 Å². The third-order valence-corrected chi connectivity index (χ3v) is 2.87. The Bertz CT molecular complexity index is 416. The SMILES string of the molecule is COc1ccc(C(O)C(OC(C)=O)C(O)CCO)cc1. The molecule has 0 radical (unpaired) electrons. The Labute approximate surface area is 117 Å². The van der Waals surface area contributed by atoms with Gasteiger partial charge in [-0.05, 0) is 17.7 Å². The second kappa shape index (κ2) is 7.84. The fourth-order valence-corrected chi connectivity index (χ4v) is 1.83. The van der Waals surface area contributed by atoms with Gasteiger partial charge in [-0.1, -0.05) is 12.1 Å². The maximum Gasteiger partial charge on any atom is 0.303 e. The van der Waals surface area contributed by atoms with Crippen LogP contribution in [0.15, 0.2) is 24.3 Å². The average Bonchev–Trinajstić information content (AvgIpc) is 2.44. The van der Waals surface area contributed by atoms with Gasteiger partial charge in [0.05, 0.1) is 13.2 Å². The molecule has 0 fully saturated rings. The zero-order chi connectivity index (χ0) is 15.1. The summed E-state index contributed by atoms with van der Waals surface area (Å²) in [7, 11) is 1.53. The van der Waals surface area contributed by atoms with E-state index in [4.69, 9.17) is 14.6 Å². The molecule has 0 aliphatic rings. The molecule has 0 aliphatic heterocycles. The molecule has 0 bridgehead atoms. The van der Waals surface area contributed by atoms with E-state index < -0.39 is 24.3 Å². The highest BCUT2D eigenvalue weighted by Gasteiger charge is 2.30. The van der Waals surface area contributed by atoms with Crippen LogP contribution in [-0.2, 0) is 9.53 Å². The molecule has 0 heterocycles. The molecule has 6 nitrogen and oxygen atoms in total. The molecule has 6 heteroatoms. The number of aliphatic hydroxyl groups excluding tert-OH is 3. The summed E-state index contributed by atoms with van der Waals surface area (Å²) in [5, 5.41) is 28.9. The van der Waals surface area contributed by atoms with Crippen LogP contribution in [0.4, 0.5) is 0 Å². The van der Waals surface area contributed by atoms with Crippen molar-refractivity contribution < 1.29 is 29.6 Å². The monoisotopic (exact) mass is 284 g/mol. The van der Waals surface area contributed by atoms with Gasteiger partial charge < -0.3 is 24.8 Å². The fraction of sp³-hybridized carbons (Fsp3) is 0.500. The van der Waals surface area contributed by atoms with Crippen molar-refractivity contribution in [3.8, 4) is 5.75 Å². The first-order valence-electron chi connectivity index (χ1n) is 6.27. The number of rotatable bonds is 7. The highest BCUT2D eigenvalue weighted by molar-refractivity contribution is 5.66. The van der Waals surface area contributed by atoms with Gasteiger partial charge in [-0.3, -0.25) is 4.79 Å². The smallest absolute Gasteiger partial charge is 0.303 e. The number of esters is 1. The van der Waals surface area contributed by atoms with E-state index >= 15 is 0 Å². The molecule has 3 atom stereocenters. The van der Waals surface area contributed by atoms with Gasteiger partial charge >= 0.3 is 5.97 Å². The van der Waals surface area contributed by atoms with Crippen LogP contribution in [0.5, 0.6) is 5.75 Å². The molecule has 0 saturated heterocycles. The van der Waals surface area contributed by atoms with E-state index in [0.29, 0.717) is 11.3 Å². The van der Waals surface area contributed by atoms with E-state index in [1.54, 1.807) is 24.3 Å². The average molecular weight is 284 g/mol. The number of ether oxygens (including phenoxy) is 2. The summed E-state index contributed by atoms with van der Waals surface area (Å²) < 4.78 is 9.97. The molecule has 0 aromatic heterocycles. The van der Waals surface area contributed by atoms with Crippen molar-refractivity contribution >= 4 is 5.97 Å². The maximum absolute atomic E-state index is 11.1. The predicted octanol–water partition coefficient (Wildman–Crippen LogP) is 0.404. The van der Waals surface area contributed by atoms with E-state index in [9.17, 15) is 15.0 Å². The Morgan fingerprint density at radius 2 is 1.85 bits per heavy atom. The van der Waals surface area contributed by atoms with Crippen LogP contribution in [-0.4, -0.2) is 47.2 Å². The zero-order valence-corrected chi connectivity index (χ0v) is 11.5. The zero-order valence-electron chi connectivity index (χ0n) is 11.5. The van der Waals surface area contributed by atoms with Crippen LogP contribution in [0.1, 0.15) is 25.0 Å². The van der Waals surface area contributed by atoms with Crippen LogP contribution in [0.2, 0.25) is 0 Å². The Kier molecular flexibility index (Phi) is 6.44. The summed E-state index contributed by atoms with van der Waals surface area (Å²) in [4.78, 5) is 11.1. The molecule has 3 unspecified atom stereocenters. The number of carbonyl (C=O) groups is 1. The summed E-state index contributed by atoms with van der Waals surface area (Å²) in [6.45, 7) is 0.924. The van der Waals surface area contributed by atoms with Crippen LogP contribution in [0, 0.1) is 0 Å². The van der Waals surface area contributed by atoms with Crippen molar-refractivity contribution in [1.82, 2.24) is 0 Å². The van der Waals surface area contributed by atoms with Crippen molar-refractivity contribution in [2.24, 2.45) is 0 Å². The second-order valence-electron chi connectivity index (χ2n) is 4.37. The molecule has 20 heavy (non-hydrogen) atoms. The molecule has 3 N–H and O–H groups in total. The predicted molar refractivity (Wildman–Crippen MR) is 71.2 cm³/mol. The van der Waals surface area contributed by atoms with Gasteiger partial charge in [0.2, 0.25) is 0 Å². The molecule has 1 aromatic carbocycles. The maximum atomic E-state index is 11.1. The lowest BCUT2D eigenvalue weighted by molar-refractivity contribution is -0.163. The molecule has 0 amide bonds. The minimum Gasteiger partial charge on any atom is -0.497 e. The first-order chi connectivity index (χ1) is 9.49. The van der Waals surface area contributed by atoms with E-state index in [1.807, 2.05) is 0 Å². The summed E-state index contributed by atoms with van der Waals surface area (Å²) >= 11 is 0. The fourth-order valence-electron chi connectivity index (χ4n) is 1.83. The summed E-state index contributed by atoms with van der Waals surface area (Å²) in [6.07, 6.45) is -3.47. The standard InChI is InChI=1S/C14H20O6/c1-9(16)20-14(12(17)7-8-15)13(18)10-3-5-11(19-2)6-4-10/h3-6,12-15,17-18H,7-8H2,1-2H3. The summed E-state index contributed by atoms with van der Waals surface area (Å²) in [5.41, 5.74) is 0.481. The summed E-state index contributed by atoms with van der Waals surface area (Å²) in [5.74, 6) is 0.0143. The number of aliphatic hydroxyl groups is 3. The Balaban J connectivity index is 2.89. The van der Waals surface area contributed by atoms with Crippen LogP contribution in [0.25, 0.3) is 0 Å². The normalized spacial score (nSPS) is 15.2. The first-order valence-corrected chi connectivity index (χ1v) is 6.27. The molecular formula is C14H20O6. The molecule has 0 aliphatic carbocycles. The molecule has 1 rings (SSSR count). The van der Waals surface area contributed by atoms with Crippen molar-refractivity contribution in [2.75, 3.05) is 13.7 Å². The quantitative estimate of drug-likeness (QED) is 0.627. The number of hydrogen-bond acceptors (Lipinski definition) is 6. The number of benzene rings is 1. The Hall–Kier alpha value is -1.63. The Morgan fingerprint density at radius 3 is 2.30 bits per heavy atom. The summed E-state index contributed by atoms with van der Waals surface area (Å²) in [6, 6.07) is 6.54. The van der Waals surface area contributed by atoms with Gasteiger partial charge in [-0.2, -0.15) is 0 Å². The number of methoxy groups -OCH3 is 1. The van der Waals surface area contributed by atoms with Gasteiger partial charge in [-0.15, -0.1) is 0 Å². The van der Waals surface area contributed by atoms with Crippen LogP contribution < -0.4 is 4.74 Å². The Morgan fingerprint density at radius 1 is 1.25 bits per heavy atom. The van der Waals surface area contributed by atoms with Crippen molar-refractivity contribution in [1.29, 1.82) is 0 Å². The van der Waals surface area contributed by atoms with Crippen molar-refractivity contribution in [3.05, 3.63) is 29.8 Å². The highest BCUT2D eigenvalue weighted by atomic mass is 16.6. The van der Waals surface area contributed by atoms with Gasteiger partial charge in [0.25, 0.3) is 0 Å². The van der Waals surface area contributed by atoms with Crippen molar-refractivity contribution in [3.63, 3.8) is 0 Å². The first kappa shape index (κ1) is 16.4. The lowest BCUT2D eigenvalue weighted by atomic mass is 9.98. The number of carbonyl (C=O) groups excluding carboxylic acids is 1. The third-order valence-electron chi connectivity index (χ3n) is 2.87. The largest absolute Gasteiger partial charge is 0.497 e. The molecule has 112 valence electrons. The molecular weight excluding hydrogens is 264 g/mol. The van der Waals surface area contributed by atoms with Crippen LogP contribution >= 0.6 is 0 Å². The van der Waals surface area contributed by atoms with Gasteiger partial charge in [-0.25, -0.2) is 0 Å². The van der Waals surface area contributed by atoms with Crippen molar-refractivity contribution in [2.45, 2.75) is 31.7 Å². The van der Waals surface area contributed by atoms with E-state index in [0.717, 1.165) is 0 Å². The lowest BCUT2D eigenvalue weighted by Gasteiger charge is -2.27. The van der Waals surface area contributed by atoms with Crippen LogP contribution in [0.3, 0.4) is 0 Å². The van der Waals surface area contributed by atoms with Gasteiger partial charge in [0.15, 0.2) is 6.10 Å². The number of hydrogen-bond donors (Lipinski definition) is 3. The highest BCUT2D eigenvalue weighted by Crippen LogP contribution is 2.25. The van der Waals surface area contributed by atoms with E-state index in [1.165, 1.54) is 14.0 Å². The minimum atomic E-state index is -1.19. The lowest BCUT2D eigenvalue weighted by Crippen LogP contribution is -2.36. The second-order valence-corrected chi connectivity index (χ2v) is 4.37. The minimum absolute atomic E-state index is 0.00512. The molecule has 0 saturated carbocycles.